The van der Waals surface area contributed by atoms with Gasteiger partial charge in [0.2, 0.25) is 5.91 Å². The van der Waals surface area contributed by atoms with E-state index in [0.717, 1.165) is 24.3 Å². The molecule has 2 rings (SSSR count). The number of Topliss-reactive ketones (excluding diaryl/α,β-unsaturated/α-hetero) is 1. The highest BCUT2D eigenvalue weighted by Gasteiger charge is 2.07. The highest BCUT2D eigenvalue weighted by atomic mass is 16.5. The van der Waals surface area contributed by atoms with Crippen molar-refractivity contribution >= 4 is 17.4 Å². The molecular formula is C23H28N2O3. The van der Waals surface area contributed by atoms with Crippen molar-refractivity contribution < 1.29 is 14.3 Å². The number of benzene rings is 2. The average molecular weight is 380 g/mol. The predicted molar refractivity (Wildman–Crippen MR) is 113 cm³/mol. The first-order valence-corrected chi connectivity index (χ1v) is 9.40. The molecule has 1 amide bonds. The zero-order valence-corrected chi connectivity index (χ0v) is 16.7. The van der Waals surface area contributed by atoms with Gasteiger partial charge in [-0.1, -0.05) is 29.8 Å². The lowest BCUT2D eigenvalue weighted by molar-refractivity contribution is -0.111. The van der Waals surface area contributed by atoms with E-state index in [2.05, 4.69) is 10.6 Å². The zero-order valence-electron chi connectivity index (χ0n) is 16.7. The largest absolute Gasteiger partial charge is 0.497 e. The Balaban J connectivity index is 1.75. The third kappa shape index (κ3) is 7.37. The van der Waals surface area contributed by atoms with Crippen LogP contribution in [-0.4, -0.2) is 31.9 Å². The molecule has 5 nitrogen and oxygen atoms in total. The molecule has 0 saturated carbocycles. The third-order valence-electron chi connectivity index (χ3n) is 4.15. The fourth-order valence-corrected chi connectivity index (χ4v) is 2.71. The molecule has 0 bridgehead atoms. The van der Waals surface area contributed by atoms with Crippen LogP contribution in [0.5, 0.6) is 5.75 Å². The van der Waals surface area contributed by atoms with Gasteiger partial charge in [0, 0.05) is 30.3 Å². The van der Waals surface area contributed by atoms with E-state index in [4.69, 9.17) is 4.74 Å². The van der Waals surface area contributed by atoms with Crippen LogP contribution in [0.1, 0.15) is 36.2 Å². The number of ketones is 1. The Hall–Kier alpha value is -2.92. The van der Waals surface area contributed by atoms with Crippen molar-refractivity contribution in [1.29, 1.82) is 0 Å². The molecule has 0 spiro atoms. The number of methoxy groups -OCH3 is 1. The summed E-state index contributed by atoms with van der Waals surface area (Å²) < 4.78 is 5.15. The van der Waals surface area contributed by atoms with E-state index in [1.165, 1.54) is 11.6 Å². The number of hydrogen-bond donors (Lipinski definition) is 2. The van der Waals surface area contributed by atoms with E-state index < -0.39 is 0 Å². The summed E-state index contributed by atoms with van der Waals surface area (Å²) in [6.07, 6.45) is 2.83. The Labute approximate surface area is 166 Å². The summed E-state index contributed by atoms with van der Waals surface area (Å²) >= 11 is 0. The first kappa shape index (κ1) is 21.4. The fraction of sp³-hybridized carbons (Fsp3) is 0.304. The van der Waals surface area contributed by atoms with Crippen LogP contribution >= 0.6 is 0 Å². The molecule has 0 unspecified atom stereocenters. The lowest BCUT2D eigenvalue weighted by Crippen LogP contribution is -2.21. The van der Waals surface area contributed by atoms with Crippen LogP contribution in [-0.2, 0) is 11.2 Å². The first-order valence-electron chi connectivity index (χ1n) is 9.40. The summed E-state index contributed by atoms with van der Waals surface area (Å²) in [5.74, 6) is 0.710. The molecule has 0 saturated heterocycles. The van der Waals surface area contributed by atoms with Gasteiger partial charge in [0.1, 0.15) is 5.75 Å². The molecule has 2 N–H and O–H groups in total. The lowest BCUT2D eigenvalue weighted by atomic mass is 10.1. The molecule has 28 heavy (non-hydrogen) atoms. The molecule has 0 radical (unpaired) electrons. The van der Waals surface area contributed by atoms with E-state index >= 15 is 0 Å². The molecule has 0 aliphatic heterocycles. The van der Waals surface area contributed by atoms with Crippen LogP contribution in [0.15, 0.2) is 60.2 Å². The quantitative estimate of drug-likeness (QED) is 0.371. The Morgan fingerprint density at radius 2 is 1.79 bits per heavy atom. The molecule has 2 aromatic carbocycles. The molecule has 0 atom stereocenters. The second-order valence-corrected chi connectivity index (χ2v) is 6.81. The van der Waals surface area contributed by atoms with Gasteiger partial charge in [-0.2, -0.15) is 0 Å². The van der Waals surface area contributed by atoms with Crippen LogP contribution in [0.3, 0.4) is 0 Å². The number of amides is 1. The third-order valence-corrected chi connectivity index (χ3v) is 4.15. The van der Waals surface area contributed by atoms with Gasteiger partial charge < -0.3 is 15.4 Å². The van der Waals surface area contributed by atoms with Crippen molar-refractivity contribution in [2.45, 2.75) is 26.7 Å². The number of anilines is 1. The molecule has 148 valence electrons. The van der Waals surface area contributed by atoms with Gasteiger partial charge >= 0.3 is 0 Å². The van der Waals surface area contributed by atoms with Crippen LogP contribution < -0.4 is 15.4 Å². The van der Waals surface area contributed by atoms with E-state index in [9.17, 15) is 9.59 Å². The van der Waals surface area contributed by atoms with Gasteiger partial charge in [0.05, 0.1) is 7.11 Å². The minimum Gasteiger partial charge on any atom is -0.497 e. The molecular weight excluding hydrogens is 352 g/mol. The van der Waals surface area contributed by atoms with Crippen molar-refractivity contribution in [2.75, 3.05) is 25.5 Å². The smallest absolute Gasteiger partial charge is 0.248 e. The summed E-state index contributed by atoms with van der Waals surface area (Å²) in [7, 11) is 1.65. The first-order chi connectivity index (χ1) is 13.5. The Morgan fingerprint density at radius 3 is 2.46 bits per heavy atom. The SMILES string of the molecule is COc1ccc(CCNCCC(=O)c2cccc(NC(=O)C=C(C)C)c2)cc1. The van der Waals surface area contributed by atoms with E-state index in [1.807, 2.05) is 38.1 Å². The van der Waals surface area contributed by atoms with E-state index in [0.29, 0.717) is 24.2 Å². The molecule has 2 aromatic rings. The molecule has 0 aliphatic carbocycles. The number of allylic oxidation sites excluding steroid dienone is 1. The van der Waals surface area contributed by atoms with Gasteiger partial charge in [-0.3, -0.25) is 9.59 Å². The Kier molecular flexibility index (Phi) is 8.43. The number of hydrogen-bond acceptors (Lipinski definition) is 4. The number of carbonyl (C=O) groups excluding carboxylic acids is 2. The van der Waals surface area contributed by atoms with Gasteiger partial charge in [0.25, 0.3) is 0 Å². The minimum atomic E-state index is -0.190. The minimum absolute atomic E-state index is 0.0512. The second kappa shape index (κ2) is 11.0. The Bertz CT molecular complexity index is 822. The maximum absolute atomic E-state index is 12.4. The molecule has 0 aliphatic rings. The average Bonchev–Trinajstić information content (AvgIpc) is 2.67. The van der Waals surface area contributed by atoms with E-state index in [1.54, 1.807) is 31.4 Å². The fourth-order valence-electron chi connectivity index (χ4n) is 2.71. The van der Waals surface area contributed by atoms with Crippen LogP contribution in [0.2, 0.25) is 0 Å². The maximum atomic E-state index is 12.4. The Morgan fingerprint density at radius 1 is 1.04 bits per heavy atom. The van der Waals surface area contributed by atoms with Crippen LogP contribution in [0.4, 0.5) is 5.69 Å². The summed E-state index contributed by atoms with van der Waals surface area (Å²) in [6.45, 7) is 5.14. The van der Waals surface area contributed by atoms with Gasteiger partial charge in [-0.05, 0) is 56.6 Å². The van der Waals surface area contributed by atoms with Crippen molar-refractivity contribution in [3.8, 4) is 5.75 Å². The number of rotatable bonds is 10. The summed E-state index contributed by atoms with van der Waals surface area (Å²) in [4.78, 5) is 24.2. The number of ether oxygens (including phenoxy) is 1. The topological polar surface area (TPSA) is 67.4 Å². The van der Waals surface area contributed by atoms with Crippen molar-refractivity contribution in [3.63, 3.8) is 0 Å². The maximum Gasteiger partial charge on any atom is 0.248 e. The predicted octanol–water partition coefficient (Wildman–Crippen LogP) is 4.01. The van der Waals surface area contributed by atoms with Crippen molar-refractivity contribution in [2.24, 2.45) is 0 Å². The second-order valence-electron chi connectivity index (χ2n) is 6.81. The normalized spacial score (nSPS) is 10.2. The van der Waals surface area contributed by atoms with Crippen LogP contribution in [0, 0.1) is 0 Å². The highest BCUT2D eigenvalue weighted by molar-refractivity contribution is 6.01. The van der Waals surface area contributed by atoms with Crippen molar-refractivity contribution in [3.05, 3.63) is 71.3 Å². The van der Waals surface area contributed by atoms with Crippen molar-refractivity contribution in [1.82, 2.24) is 5.32 Å². The lowest BCUT2D eigenvalue weighted by Gasteiger charge is -2.07. The summed E-state index contributed by atoms with van der Waals surface area (Å²) in [5.41, 5.74) is 3.37. The van der Waals surface area contributed by atoms with Gasteiger partial charge in [0.15, 0.2) is 5.78 Å². The monoisotopic (exact) mass is 380 g/mol. The molecule has 0 aromatic heterocycles. The standard InChI is InChI=1S/C23H28N2O3/c1-17(2)15-23(27)25-20-6-4-5-19(16-20)22(26)12-14-24-13-11-18-7-9-21(28-3)10-8-18/h4-10,15-16,24H,11-14H2,1-3H3,(H,25,27). The zero-order chi connectivity index (χ0) is 20.4. The highest BCUT2D eigenvalue weighted by Crippen LogP contribution is 2.13. The summed E-state index contributed by atoms with van der Waals surface area (Å²) in [5, 5.41) is 6.08. The summed E-state index contributed by atoms with van der Waals surface area (Å²) in [6, 6.07) is 15.0. The molecule has 0 fully saturated rings. The van der Waals surface area contributed by atoms with E-state index in [-0.39, 0.29) is 11.7 Å². The van der Waals surface area contributed by atoms with Gasteiger partial charge in [-0.15, -0.1) is 0 Å². The molecule has 0 heterocycles. The number of carbonyl (C=O) groups is 2. The molecule has 5 heteroatoms. The number of nitrogens with one attached hydrogen (secondary N) is 2. The van der Waals surface area contributed by atoms with Crippen LogP contribution in [0.25, 0.3) is 0 Å². The van der Waals surface area contributed by atoms with Gasteiger partial charge in [-0.25, -0.2) is 0 Å².